The monoisotopic (exact) mass is 395 g/mol. The molecule has 0 bridgehead atoms. The van der Waals surface area contributed by atoms with Crippen LogP contribution in [0.1, 0.15) is 43.8 Å². The van der Waals surface area contributed by atoms with E-state index in [0.29, 0.717) is 0 Å². The van der Waals surface area contributed by atoms with Gasteiger partial charge in [0.1, 0.15) is 16.9 Å². The Balaban J connectivity index is 2.46. The van der Waals surface area contributed by atoms with E-state index in [1.807, 2.05) is 0 Å². The average molecular weight is 396 g/mol. The summed E-state index contributed by atoms with van der Waals surface area (Å²) in [7, 11) is 0. The Labute approximate surface area is 157 Å². The number of anilines is 1. The van der Waals surface area contributed by atoms with E-state index in [4.69, 9.17) is 26.5 Å². The maximum absolute atomic E-state index is 12.5. The van der Waals surface area contributed by atoms with Crippen LogP contribution in [0, 0.1) is 17.0 Å². The molecule has 0 aliphatic rings. The van der Waals surface area contributed by atoms with Crippen LogP contribution in [0.25, 0.3) is 0 Å². The van der Waals surface area contributed by atoms with Crippen LogP contribution in [0.15, 0.2) is 22.6 Å². The molecule has 10 nitrogen and oxygen atoms in total. The lowest BCUT2D eigenvalue weighted by molar-refractivity contribution is -0.384. The molecule has 2 aromatic rings. The molecular weight excluding hydrogens is 382 g/mol. The first-order chi connectivity index (χ1) is 12.7. The van der Waals surface area contributed by atoms with Gasteiger partial charge in [0.15, 0.2) is 0 Å². The third kappa shape index (κ3) is 4.06. The zero-order chi connectivity index (χ0) is 20.3. The Hall–Kier alpha value is -3.40. The van der Waals surface area contributed by atoms with Crippen molar-refractivity contribution in [3.63, 3.8) is 0 Å². The van der Waals surface area contributed by atoms with Gasteiger partial charge in [-0.05, 0) is 19.9 Å². The van der Waals surface area contributed by atoms with Crippen LogP contribution in [0.4, 0.5) is 11.6 Å². The fourth-order valence-electron chi connectivity index (χ4n) is 2.29. The number of carbonyl (C=O) groups is 3. The number of aryl methyl sites for hydroxylation is 1. The number of benzene rings is 1. The molecule has 0 unspecified atom stereocenters. The summed E-state index contributed by atoms with van der Waals surface area (Å²) in [4.78, 5) is 46.4. The highest BCUT2D eigenvalue weighted by atomic mass is 35.5. The first kappa shape index (κ1) is 19.9. The summed E-state index contributed by atoms with van der Waals surface area (Å²) in [6.45, 7) is 3.01. The number of non-ortho nitro benzene ring substituents is 1. The number of hydrogen-bond acceptors (Lipinski definition) is 7. The molecule has 3 N–H and O–H groups in total. The summed E-state index contributed by atoms with van der Waals surface area (Å²) >= 11 is 5.91. The van der Waals surface area contributed by atoms with Gasteiger partial charge in [-0.25, -0.2) is 4.79 Å². The third-order valence-electron chi connectivity index (χ3n) is 3.44. The van der Waals surface area contributed by atoms with Gasteiger partial charge >= 0.3 is 5.97 Å². The van der Waals surface area contributed by atoms with Crippen LogP contribution in [0.2, 0.25) is 5.02 Å². The van der Waals surface area contributed by atoms with Crippen molar-refractivity contribution >= 4 is 41.0 Å². The number of carbonyl (C=O) groups excluding carboxylic acids is 3. The summed E-state index contributed by atoms with van der Waals surface area (Å²) in [5.74, 6) is -3.16. The fraction of sp³-hybridized carbons (Fsp3) is 0.188. The predicted molar refractivity (Wildman–Crippen MR) is 94.0 cm³/mol. The molecule has 0 saturated heterocycles. The van der Waals surface area contributed by atoms with E-state index in [-0.39, 0.29) is 39.8 Å². The van der Waals surface area contributed by atoms with Crippen molar-refractivity contribution in [2.45, 2.75) is 13.8 Å². The Morgan fingerprint density at radius 1 is 1.33 bits per heavy atom. The number of furan rings is 1. The van der Waals surface area contributed by atoms with Gasteiger partial charge in [-0.2, -0.15) is 0 Å². The molecule has 1 aromatic carbocycles. The third-order valence-corrected chi connectivity index (χ3v) is 3.77. The Morgan fingerprint density at radius 2 is 2.00 bits per heavy atom. The normalized spacial score (nSPS) is 10.3. The van der Waals surface area contributed by atoms with Gasteiger partial charge in [-0.15, -0.1) is 0 Å². The molecule has 27 heavy (non-hydrogen) atoms. The number of ether oxygens (including phenoxy) is 1. The lowest BCUT2D eigenvalue weighted by Crippen LogP contribution is -2.20. The number of hydrogen-bond donors (Lipinski definition) is 2. The first-order valence-electron chi connectivity index (χ1n) is 7.52. The Morgan fingerprint density at radius 3 is 2.56 bits per heavy atom. The number of nitrogens with two attached hydrogens (primary N) is 1. The number of nitro benzene ring substituents is 1. The van der Waals surface area contributed by atoms with Crippen LogP contribution in [-0.2, 0) is 4.74 Å². The van der Waals surface area contributed by atoms with E-state index in [2.05, 4.69) is 5.32 Å². The summed E-state index contributed by atoms with van der Waals surface area (Å²) in [5.41, 5.74) is 4.12. The minimum atomic E-state index is -1.03. The number of primary amides is 1. The molecule has 0 radical (unpaired) electrons. The number of nitro groups is 1. The maximum Gasteiger partial charge on any atom is 0.342 e. The Bertz CT molecular complexity index is 952. The number of esters is 1. The number of amides is 2. The van der Waals surface area contributed by atoms with E-state index >= 15 is 0 Å². The molecule has 2 rings (SSSR count). The highest BCUT2D eigenvalue weighted by molar-refractivity contribution is 6.34. The molecule has 0 aliphatic carbocycles. The second-order valence-corrected chi connectivity index (χ2v) is 5.60. The molecule has 0 atom stereocenters. The standard InChI is InChI=1S/C16H14ClN3O7/c1-3-26-16(23)11-7(2)27-15(12(11)13(18)21)19-14(22)9-6-8(20(24)25)4-5-10(9)17/h4-6H,3H2,1-2H3,(H2,18,21)(H,19,22). The summed E-state index contributed by atoms with van der Waals surface area (Å²) in [6, 6.07) is 3.27. The predicted octanol–water partition coefficient (Wildman–Crippen LogP) is 2.68. The van der Waals surface area contributed by atoms with Crippen molar-refractivity contribution in [1.82, 2.24) is 0 Å². The number of rotatable bonds is 6. The van der Waals surface area contributed by atoms with E-state index < -0.39 is 28.6 Å². The highest BCUT2D eigenvalue weighted by Gasteiger charge is 2.29. The maximum atomic E-state index is 12.5. The molecule has 1 aromatic heterocycles. The number of nitrogens with zero attached hydrogens (tertiary/aromatic N) is 1. The zero-order valence-electron chi connectivity index (χ0n) is 14.2. The molecule has 0 saturated carbocycles. The van der Waals surface area contributed by atoms with Crippen molar-refractivity contribution in [3.8, 4) is 0 Å². The van der Waals surface area contributed by atoms with E-state index in [0.717, 1.165) is 12.1 Å². The molecule has 0 spiro atoms. The SMILES string of the molecule is CCOC(=O)c1c(C)oc(NC(=O)c2cc([N+](=O)[O-])ccc2Cl)c1C(N)=O. The smallest absolute Gasteiger partial charge is 0.342 e. The number of nitrogens with one attached hydrogen (secondary N) is 1. The molecular formula is C16H14ClN3O7. The molecule has 0 fully saturated rings. The zero-order valence-corrected chi connectivity index (χ0v) is 15.0. The van der Waals surface area contributed by atoms with Crippen LogP contribution in [-0.4, -0.2) is 29.3 Å². The molecule has 0 aliphatic heterocycles. The molecule has 2 amide bonds. The van der Waals surface area contributed by atoms with Gasteiger partial charge < -0.3 is 14.9 Å². The number of halogens is 1. The van der Waals surface area contributed by atoms with Crippen LogP contribution in [0.5, 0.6) is 0 Å². The molecule has 142 valence electrons. The average Bonchev–Trinajstić information content (AvgIpc) is 2.91. The first-order valence-corrected chi connectivity index (χ1v) is 7.90. The largest absolute Gasteiger partial charge is 0.462 e. The van der Waals surface area contributed by atoms with E-state index in [9.17, 15) is 24.5 Å². The molecule has 11 heteroatoms. The van der Waals surface area contributed by atoms with Gasteiger partial charge in [0.2, 0.25) is 5.88 Å². The quantitative estimate of drug-likeness (QED) is 0.432. The highest BCUT2D eigenvalue weighted by Crippen LogP contribution is 2.29. The second-order valence-electron chi connectivity index (χ2n) is 5.20. The van der Waals surface area contributed by atoms with Crippen LogP contribution in [0.3, 0.4) is 0 Å². The van der Waals surface area contributed by atoms with Gasteiger partial charge in [0, 0.05) is 12.1 Å². The lowest BCUT2D eigenvalue weighted by Gasteiger charge is -2.06. The van der Waals surface area contributed by atoms with Crippen molar-refractivity contribution in [2.24, 2.45) is 5.73 Å². The lowest BCUT2D eigenvalue weighted by atomic mass is 10.1. The minimum Gasteiger partial charge on any atom is -0.462 e. The van der Waals surface area contributed by atoms with Crippen molar-refractivity contribution in [1.29, 1.82) is 0 Å². The Kier molecular flexibility index (Phi) is 5.81. The van der Waals surface area contributed by atoms with Crippen LogP contribution >= 0.6 is 11.6 Å². The van der Waals surface area contributed by atoms with Gasteiger partial charge in [-0.3, -0.25) is 25.0 Å². The van der Waals surface area contributed by atoms with Crippen LogP contribution < -0.4 is 11.1 Å². The minimum absolute atomic E-state index is 0.00249. The van der Waals surface area contributed by atoms with Gasteiger partial charge in [-0.1, -0.05) is 11.6 Å². The fourth-order valence-corrected chi connectivity index (χ4v) is 2.49. The van der Waals surface area contributed by atoms with Gasteiger partial charge in [0.05, 0.1) is 22.1 Å². The molecule has 1 heterocycles. The summed E-state index contributed by atoms with van der Waals surface area (Å²) < 4.78 is 10.1. The van der Waals surface area contributed by atoms with Gasteiger partial charge in [0.25, 0.3) is 17.5 Å². The summed E-state index contributed by atoms with van der Waals surface area (Å²) in [5, 5.41) is 13.1. The second kappa shape index (κ2) is 7.87. The van der Waals surface area contributed by atoms with E-state index in [1.165, 1.54) is 13.0 Å². The van der Waals surface area contributed by atoms with Crippen molar-refractivity contribution < 1.29 is 28.5 Å². The van der Waals surface area contributed by atoms with Crippen molar-refractivity contribution in [3.05, 3.63) is 55.8 Å². The topological polar surface area (TPSA) is 155 Å². The summed E-state index contributed by atoms with van der Waals surface area (Å²) in [6.07, 6.45) is 0. The van der Waals surface area contributed by atoms with Crippen molar-refractivity contribution in [2.75, 3.05) is 11.9 Å². The van der Waals surface area contributed by atoms with E-state index in [1.54, 1.807) is 6.92 Å².